The number of rotatable bonds is 3. The van der Waals surface area contributed by atoms with Crippen molar-refractivity contribution in [3.8, 4) is 0 Å². The number of thioether (sulfide) groups is 1. The lowest BCUT2D eigenvalue weighted by atomic mass is 10.5. The molecule has 0 spiro atoms. The Morgan fingerprint density at radius 2 is 2.31 bits per heavy atom. The minimum atomic E-state index is -0.965. The molecule has 0 aliphatic carbocycles. The van der Waals surface area contributed by atoms with Crippen LogP contribution in [0.1, 0.15) is 5.69 Å². The standard InChI is InChI=1S/C6H7N3O3S/c1-3-5(12)7-6(9-8-3)13-2-4(10)11/h2H2,1H3,(H,10,11)(H,7,9,12). The van der Waals surface area contributed by atoms with Crippen molar-refractivity contribution in [2.75, 3.05) is 5.75 Å². The van der Waals surface area contributed by atoms with Gasteiger partial charge in [-0.3, -0.25) is 14.6 Å². The van der Waals surface area contributed by atoms with Crippen LogP contribution in [-0.4, -0.2) is 32.0 Å². The van der Waals surface area contributed by atoms with E-state index in [2.05, 4.69) is 15.2 Å². The van der Waals surface area contributed by atoms with E-state index in [1.807, 2.05) is 0 Å². The molecule has 7 heteroatoms. The van der Waals surface area contributed by atoms with Gasteiger partial charge in [-0.25, -0.2) is 0 Å². The molecular weight excluding hydrogens is 194 g/mol. The highest BCUT2D eigenvalue weighted by Gasteiger charge is 2.03. The third-order valence-electron chi connectivity index (χ3n) is 1.17. The average Bonchev–Trinajstić information content (AvgIpc) is 2.07. The molecule has 6 nitrogen and oxygen atoms in total. The molecule has 2 N–H and O–H groups in total. The average molecular weight is 201 g/mol. The van der Waals surface area contributed by atoms with Crippen LogP contribution in [0.3, 0.4) is 0 Å². The van der Waals surface area contributed by atoms with Crippen molar-refractivity contribution in [3.05, 3.63) is 16.0 Å². The second kappa shape index (κ2) is 4.04. The van der Waals surface area contributed by atoms with Crippen LogP contribution in [-0.2, 0) is 4.79 Å². The lowest BCUT2D eigenvalue weighted by molar-refractivity contribution is -0.133. The van der Waals surface area contributed by atoms with E-state index in [9.17, 15) is 9.59 Å². The van der Waals surface area contributed by atoms with E-state index in [1.165, 1.54) is 6.92 Å². The molecule has 1 rings (SSSR count). The number of carboxylic acids is 1. The smallest absolute Gasteiger partial charge is 0.313 e. The van der Waals surface area contributed by atoms with Crippen LogP contribution in [0.5, 0.6) is 0 Å². The van der Waals surface area contributed by atoms with Crippen molar-refractivity contribution in [2.45, 2.75) is 12.1 Å². The van der Waals surface area contributed by atoms with Crippen molar-refractivity contribution < 1.29 is 9.90 Å². The lowest BCUT2D eigenvalue weighted by Crippen LogP contribution is -2.14. The molecule has 0 saturated carbocycles. The maximum absolute atomic E-state index is 11.0. The Hall–Kier alpha value is -1.37. The first-order chi connectivity index (χ1) is 6.09. The van der Waals surface area contributed by atoms with Crippen LogP contribution in [0.4, 0.5) is 0 Å². The Labute approximate surface area is 77.4 Å². The summed E-state index contributed by atoms with van der Waals surface area (Å²) in [6, 6.07) is 0. The summed E-state index contributed by atoms with van der Waals surface area (Å²) in [6.45, 7) is 1.53. The summed E-state index contributed by atoms with van der Waals surface area (Å²) < 4.78 is 0. The molecule has 13 heavy (non-hydrogen) atoms. The number of nitrogens with one attached hydrogen (secondary N) is 1. The number of H-pyrrole nitrogens is 1. The number of carbonyl (C=O) groups is 1. The summed E-state index contributed by atoms with van der Waals surface area (Å²) in [7, 11) is 0. The van der Waals surface area contributed by atoms with E-state index in [0.29, 0.717) is 0 Å². The summed E-state index contributed by atoms with van der Waals surface area (Å²) in [4.78, 5) is 23.5. The van der Waals surface area contributed by atoms with E-state index in [-0.39, 0.29) is 22.2 Å². The van der Waals surface area contributed by atoms with Gasteiger partial charge in [-0.1, -0.05) is 11.8 Å². The quantitative estimate of drug-likeness (QED) is 0.649. The molecule has 0 bridgehead atoms. The fraction of sp³-hybridized carbons (Fsp3) is 0.333. The molecule has 0 unspecified atom stereocenters. The molecule has 0 radical (unpaired) electrons. The molecule has 1 aromatic rings. The highest BCUT2D eigenvalue weighted by atomic mass is 32.2. The number of aliphatic carboxylic acids is 1. The van der Waals surface area contributed by atoms with Crippen LogP contribution in [0, 0.1) is 6.92 Å². The third kappa shape index (κ3) is 2.86. The van der Waals surface area contributed by atoms with Crippen molar-refractivity contribution in [3.63, 3.8) is 0 Å². The molecule has 0 fully saturated rings. The number of nitrogens with zero attached hydrogens (tertiary/aromatic N) is 2. The van der Waals surface area contributed by atoms with E-state index >= 15 is 0 Å². The maximum atomic E-state index is 11.0. The monoisotopic (exact) mass is 201 g/mol. The SMILES string of the molecule is Cc1nnc(SCC(=O)O)[nH]c1=O. The zero-order chi connectivity index (χ0) is 9.84. The topological polar surface area (TPSA) is 95.9 Å². The zero-order valence-electron chi connectivity index (χ0n) is 6.77. The molecular formula is C6H7N3O3S. The second-order valence-corrected chi connectivity index (χ2v) is 3.19. The lowest BCUT2D eigenvalue weighted by Gasteiger charge is -1.95. The fourth-order valence-corrected chi connectivity index (χ4v) is 1.10. The molecule has 0 aliphatic heterocycles. The number of hydrogen-bond donors (Lipinski definition) is 2. The molecule has 0 atom stereocenters. The minimum Gasteiger partial charge on any atom is -0.481 e. The maximum Gasteiger partial charge on any atom is 0.313 e. The van der Waals surface area contributed by atoms with E-state index in [1.54, 1.807) is 0 Å². The molecule has 0 aliphatic rings. The van der Waals surface area contributed by atoms with Crippen molar-refractivity contribution in [2.24, 2.45) is 0 Å². The van der Waals surface area contributed by atoms with Gasteiger partial charge in [0.1, 0.15) is 5.69 Å². The van der Waals surface area contributed by atoms with Crippen molar-refractivity contribution >= 4 is 17.7 Å². The first-order valence-corrected chi connectivity index (χ1v) is 4.36. The molecule has 0 saturated heterocycles. The van der Waals surface area contributed by atoms with Gasteiger partial charge in [-0.05, 0) is 6.92 Å². The number of aryl methyl sites for hydroxylation is 1. The molecule has 0 aromatic carbocycles. The van der Waals surface area contributed by atoms with Gasteiger partial charge >= 0.3 is 5.97 Å². The van der Waals surface area contributed by atoms with Crippen molar-refractivity contribution in [1.29, 1.82) is 0 Å². The summed E-state index contributed by atoms with van der Waals surface area (Å²) in [5, 5.41) is 15.7. The van der Waals surface area contributed by atoms with Crippen LogP contribution >= 0.6 is 11.8 Å². The van der Waals surface area contributed by atoms with Gasteiger partial charge in [0.2, 0.25) is 0 Å². The van der Waals surface area contributed by atoms with Crippen LogP contribution in [0.2, 0.25) is 0 Å². The first-order valence-electron chi connectivity index (χ1n) is 3.38. The largest absolute Gasteiger partial charge is 0.481 e. The third-order valence-corrected chi connectivity index (χ3v) is 2.02. The fourth-order valence-electron chi connectivity index (χ4n) is 0.573. The Morgan fingerprint density at radius 3 is 2.85 bits per heavy atom. The Kier molecular flexibility index (Phi) is 3.02. The van der Waals surface area contributed by atoms with Crippen molar-refractivity contribution in [1.82, 2.24) is 15.2 Å². The summed E-state index contributed by atoms with van der Waals surface area (Å²) in [5.41, 5.74) is -0.0810. The summed E-state index contributed by atoms with van der Waals surface area (Å²) in [6.07, 6.45) is 0. The second-order valence-electron chi connectivity index (χ2n) is 2.23. The Bertz CT molecular complexity index is 376. The highest BCUT2D eigenvalue weighted by Crippen LogP contribution is 2.08. The summed E-state index contributed by atoms with van der Waals surface area (Å²) >= 11 is 0.923. The van der Waals surface area contributed by atoms with Crippen LogP contribution in [0.25, 0.3) is 0 Å². The highest BCUT2D eigenvalue weighted by molar-refractivity contribution is 7.99. The van der Waals surface area contributed by atoms with Gasteiger partial charge in [-0.2, -0.15) is 0 Å². The molecule has 1 aromatic heterocycles. The van der Waals surface area contributed by atoms with Crippen LogP contribution < -0.4 is 5.56 Å². The number of hydrogen-bond acceptors (Lipinski definition) is 5. The first kappa shape index (κ1) is 9.72. The predicted octanol–water partition coefficient (Wildman–Crippen LogP) is -0.350. The predicted molar refractivity (Wildman–Crippen MR) is 45.7 cm³/mol. The molecule has 70 valence electrons. The zero-order valence-corrected chi connectivity index (χ0v) is 7.59. The van der Waals surface area contributed by atoms with E-state index in [4.69, 9.17) is 5.11 Å². The Morgan fingerprint density at radius 1 is 1.62 bits per heavy atom. The molecule has 1 heterocycles. The van der Waals surface area contributed by atoms with E-state index < -0.39 is 5.97 Å². The van der Waals surface area contributed by atoms with Gasteiger partial charge in [0.05, 0.1) is 5.75 Å². The Balaban J connectivity index is 2.74. The number of carboxylic acid groups (broad SMARTS) is 1. The molecule has 0 amide bonds. The van der Waals surface area contributed by atoms with Gasteiger partial charge < -0.3 is 5.11 Å². The normalized spacial score (nSPS) is 9.92. The van der Waals surface area contributed by atoms with Gasteiger partial charge in [-0.15, -0.1) is 10.2 Å². The van der Waals surface area contributed by atoms with E-state index in [0.717, 1.165) is 11.8 Å². The van der Waals surface area contributed by atoms with Gasteiger partial charge in [0.25, 0.3) is 5.56 Å². The number of aromatic nitrogens is 3. The van der Waals surface area contributed by atoms with Crippen LogP contribution in [0.15, 0.2) is 9.95 Å². The van der Waals surface area contributed by atoms with Gasteiger partial charge in [0.15, 0.2) is 5.16 Å². The summed E-state index contributed by atoms with van der Waals surface area (Å²) in [5.74, 6) is -1.11. The number of aromatic amines is 1. The minimum absolute atomic E-state index is 0.145. The van der Waals surface area contributed by atoms with Gasteiger partial charge in [0, 0.05) is 0 Å².